The lowest BCUT2D eigenvalue weighted by molar-refractivity contribution is -0.145. The first-order valence-corrected chi connectivity index (χ1v) is 38.8. The fraction of sp³-hybridized carbons (Fsp3) is 0.961. The third kappa shape index (κ3) is 54.7. The van der Waals surface area contributed by atoms with E-state index >= 15 is 0 Å². The van der Waals surface area contributed by atoms with Gasteiger partial charge in [-0.15, -0.1) is 0 Å². The van der Waals surface area contributed by atoms with Crippen molar-refractivity contribution in [2.24, 2.45) is 29.6 Å². The van der Waals surface area contributed by atoms with Gasteiger partial charge in [-0.05, 0) is 159 Å². The van der Waals surface area contributed by atoms with E-state index in [1.807, 2.05) is 6.92 Å². The first kappa shape index (κ1) is 84.2. The molecule has 1 aliphatic carbocycles. The number of rotatable bonds is 68. The molecule has 0 saturated heterocycles. The minimum Gasteiger partial charge on any atom is -0.466 e. The van der Waals surface area contributed by atoms with Crippen LogP contribution in [-0.4, -0.2) is 118 Å². The number of esters is 3. The van der Waals surface area contributed by atoms with Crippen LogP contribution in [0.25, 0.3) is 0 Å². The molecule has 4 atom stereocenters. The van der Waals surface area contributed by atoms with Crippen molar-refractivity contribution in [2.75, 3.05) is 78.9 Å². The summed E-state index contributed by atoms with van der Waals surface area (Å²) in [5.74, 6) is 4.00. The van der Waals surface area contributed by atoms with Gasteiger partial charge in [0.1, 0.15) is 0 Å². The second-order valence-electron chi connectivity index (χ2n) is 27.8. The van der Waals surface area contributed by atoms with Gasteiger partial charge in [0.2, 0.25) is 0 Å². The molecule has 0 radical (unpaired) electrons. The molecule has 1 fully saturated rings. The average molecular weight is 1250 g/mol. The SMILES string of the molecule is CCCCCC(CCCCC)CCOC(=O)CCCCCCCCN(CCCCCCCCC(=O)OCCC(CCCCC)CCCCC)CCCOC(C)OCCCN(CCCO)CCCCCCCCC(=O)OCCCCC1CC(C)CC(CC)C1. The van der Waals surface area contributed by atoms with E-state index in [4.69, 9.17) is 23.7 Å². The van der Waals surface area contributed by atoms with Crippen LogP contribution in [0.15, 0.2) is 0 Å². The van der Waals surface area contributed by atoms with Crippen LogP contribution < -0.4 is 0 Å². The highest BCUT2D eigenvalue weighted by Gasteiger charge is 2.25. The van der Waals surface area contributed by atoms with Crippen molar-refractivity contribution < 1.29 is 43.2 Å². The maximum absolute atomic E-state index is 12.6. The number of hydrogen-bond acceptors (Lipinski definition) is 11. The monoisotopic (exact) mass is 1250 g/mol. The van der Waals surface area contributed by atoms with Gasteiger partial charge in [-0.2, -0.15) is 0 Å². The Balaban J connectivity index is 2.40. The zero-order valence-electron chi connectivity index (χ0n) is 59.7. The molecule has 11 nitrogen and oxygen atoms in total. The van der Waals surface area contributed by atoms with Gasteiger partial charge in [0.05, 0.1) is 33.0 Å². The Bertz CT molecular complexity index is 1420. The number of aliphatic hydroxyl groups excluding tert-OH is 1. The zero-order valence-corrected chi connectivity index (χ0v) is 59.7. The van der Waals surface area contributed by atoms with Gasteiger partial charge in [0.15, 0.2) is 6.29 Å². The summed E-state index contributed by atoms with van der Waals surface area (Å²) in [5.41, 5.74) is 0. The second-order valence-corrected chi connectivity index (χ2v) is 27.8. The number of carbonyl (C=O) groups excluding carboxylic acids is 3. The van der Waals surface area contributed by atoms with Crippen molar-refractivity contribution in [3.8, 4) is 0 Å². The Kier molecular flexibility index (Phi) is 61.2. The molecular formula is C77H150N2O9. The van der Waals surface area contributed by atoms with E-state index in [-0.39, 0.29) is 30.8 Å². The number of aliphatic hydroxyl groups is 1. The van der Waals surface area contributed by atoms with E-state index in [9.17, 15) is 19.5 Å². The van der Waals surface area contributed by atoms with Crippen molar-refractivity contribution in [2.45, 2.75) is 369 Å². The lowest BCUT2D eigenvalue weighted by atomic mass is 9.73. The fourth-order valence-electron chi connectivity index (χ4n) is 13.7. The van der Waals surface area contributed by atoms with Crippen molar-refractivity contribution >= 4 is 17.9 Å². The highest BCUT2D eigenvalue weighted by Crippen LogP contribution is 2.37. The summed E-state index contributed by atoms with van der Waals surface area (Å²) < 4.78 is 29.4. The fourth-order valence-corrected chi connectivity index (χ4v) is 13.7. The maximum Gasteiger partial charge on any atom is 0.305 e. The predicted octanol–water partition coefficient (Wildman–Crippen LogP) is 20.9. The van der Waals surface area contributed by atoms with Crippen molar-refractivity contribution in [1.29, 1.82) is 0 Å². The minimum absolute atomic E-state index is 0.00872. The Labute approximate surface area is 546 Å². The van der Waals surface area contributed by atoms with E-state index in [0.29, 0.717) is 64.1 Å². The maximum atomic E-state index is 12.6. The predicted molar refractivity (Wildman–Crippen MR) is 372 cm³/mol. The topological polar surface area (TPSA) is 124 Å². The molecule has 4 unspecified atom stereocenters. The second kappa shape index (κ2) is 63.9. The summed E-state index contributed by atoms with van der Waals surface area (Å²) in [4.78, 5) is 42.6. The number of ether oxygens (including phenoxy) is 5. The molecule has 0 aromatic rings. The lowest BCUT2D eigenvalue weighted by Crippen LogP contribution is -2.29. The standard InChI is InChI=1S/C77H150N2O9/c1-8-13-29-44-72(45-30-14-9-2)52-64-87-76(82)50-34-24-18-20-26-37-54-78(55-38-27-21-19-25-35-51-77(83)88-65-53-73(46-31-15-10-3)47-32-16-11-4)58-42-62-84-70(7)85-63-43-59-79(57-41-60-80)56-39-28-22-17-23-33-49-75(81)86-61-40-36-48-74-67-69(6)66-71(12-5)68-74/h69-74,80H,8-68H2,1-7H3. The molecule has 88 heavy (non-hydrogen) atoms. The van der Waals surface area contributed by atoms with Gasteiger partial charge in [0.25, 0.3) is 0 Å². The molecule has 1 saturated carbocycles. The van der Waals surface area contributed by atoms with Crippen molar-refractivity contribution in [3.05, 3.63) is 0 Å². The highest BCUT2D eigenvalue weighted by atomic mass is 16.7. The van der Waals surface area contributed by atoms with Gasteiger partial charge >= 0.3 is 17.9 Å². The quantitative estimate of drug-likeness (QED) is 0.0271. The third-order valence-electron chi connectivity index (χ3n) is 19.3. The number of hydrogen-bond donors (Lipinski definition) is 1. The van der Waals surface area contributed by atoms with Crippen LogP contribution in [0.4, 0.5) is 0 Å². The summed E-state index contributed by atoms with van der Waals surface area (Å²) in [5, 5.41) is 9.58. The lowest BCUT2D eigenvalue weighted by Gasteiger charge is -2.33. The molecule has 1 N–H and O–H groups in total. The zero-order chi connectivity index (χ0) is 64.0. The van der Waals surface area contributed by atoms with E-state index in [0.717, 1.165) is 147 Å². The van der Waals surface area contributed by atoms with E-state index in [2.05, 4.69) is 51.3 Å². The van der Waals surface area contributed by atoms with Crippen LogP contribution in [-0.2, 0) is 38.1 Å². The highest BCUT2D eigenvalue weighted by molar-refractivity contribution is 5.69. The van der Waals surface area contributed by atoms with Gasteiger partial charge in [-0.3, -0.25) is 14.4 Å². The summed E-state index contributed by atoms with van der Waals surface area (Å²) >= 11 is 0. The molecular weight excluding hydrogens is 1100 g/mol. The van der Waals surface area contributed by atoms with Gasteiger partial charge in [-0.25, -0.2) is 0 Å². The first-order valence-electron chi connectivity index (χ1n) is 38.8. The summed E-state index contributed by atoms with van der Waals surface area (Å²) in [7, 11) is 0. The molecule has 0 aromatic heterocycles. The summed E-state index contributed by atoms with van der Waals surface area (Å²) in [6.45, 7) is 25.4. The smallest absolute Gasteiger partial charge is 0.305 e. The molecule has 1 rings (SSSR count). The molecule has 0 amide bonds. The van der Waals surface area contributed by atoms with Crippen LogP contribution in [0.1, 0.15) is 363 Å². The third-order valence-corrected chi connectivity index (χ3v) is 19.3. The first-order chi connectivity index (χ1) is 43.1. The van der Waals surface area contributed by atoms with E-state index in [1.165, 1.54) is 205 Å². The van der Waals surface area contributed by atoms with Gasteiger partial charge in [0, 0.05) is 45.5 Å². The molecule has 0 bridgehead atoms. The molecule has 0 aromatic carbocycles. The number of nitrogens with zero attached hydrogens (tertiary/aromatic N) is 2. The van der Waals surface area contributed by atoms with Gasteiger partial charge in [-0.1, -0.05) is 234 Å². The van der Waals surface area contributed by atoms with Gasteiger partial charge < -0.3 is 38.6 Å². The number of unbranched alkanes of at least 4 members (excludes halogenated alkanes) is 24. The number of carbonyl (C=O) groups is 3. The molecule has 0 aliphatic heterocycles. The van der Waals surface area contributed by atoms with Crippen molar-refractivity contribution in [1.82, 2.24) is 9.80 Å². The Hall–Kier alpha value is -1.79. The van der Waals surface area contributed by atoms with Crippen LogP contribution >= 0.6 is 0 Å². The summed E-state index contributed by atoms with van der Waals surface area (Å²) in [6.07, 6.45) is 56.1. The van der Waals surface area contributed by atoms with E-state index < -0.39 is 0 Å². The molecule has 0 heterocycles. The molecule has 522 valence electrons. The Morgan fingerprint density at radius 3 is 1.11 bits per heavy atom. The van der Waals surface area contributed by atoms with Crippen LogP contribution in [0.5, 0.6) is 0 Å². The Morgan fingerprint density at radius 1 is 0.375 bits per heavy atom. The van der Waals surface area contributed by atoms with Crippen LogP contribution in [0, 0.1) is 29.6 Å². The van der Waals surface area contributed by atoms with Crippen molar-refractivity contribution in [3.63, 3.8) is 0 Å². The van der Waals surface area contributed by atoms with Crippen LogP contribution in [0.2, 0.25) is 0 Å². The summed E-state index contributed by atoms with van der Waals surface area (Å²) in [6, 6.07) is 0. The normalized spacial score (nSPS) is 15.8. The van der Waals surface area contributed by atoms with Crippen LogP contribution in [0.3, 0.4) is 0 Å². The largest absolute Gasteiger partial charge is 0.466 e. The molecule has 11 heteroatoms. The van der Waals surface area contributed by atoms with E-state index in [1.54, 1.807) is 0 Å². The Morgan fingerprint density at radius 2 is 0.727 bits per heavy atom. The molecule has 0 spiro atoms. The minimum atomic E-state index is -0.236. The average Bonchev–Trinajstić information content (AvgIpc) is 3.69. The molecule has 1 aliphatic rings.